The molecule has 3 rings (SSSR count). The van der Waals surface area contributed by atoms with Gasteiger partial charge in [-0.05, 0) is 34.1 Å². The number of methoxy groups -OCH3 is 1. The number of ether oxygens (including phenoxy) is 2. The fraction of sp³-hybridized carbons (Fsp3) is 0.0833. The van der Waals surface area contributed by atoms with Gasteiger partial charge in [-0.25, -0.2) is 19.3 Å². The number of hydrogen-bond donors (Lipinski definition) is 1. The number of hydrogen-bond acceptors (Lipinski definition) is 5. The first kappa shape index (κ1) is 12.7. The molecule has 1 N–H and O–H groups in total. The third kappa shape index (κ3) is 2.25. The summed E-state index contributed by atoms with van der Waals surface area (Å²) in [6.45, 7) is 0. The van der Waals surface area contributed by atoms with Gasteiger partial charge in [-0.1, -0.05) is 0 Å². The van der Waals surface area contributed by atoms with Crippen molar-refractivity contribution in [3.05, 3.63) is 45.5 Å². The van der Waals surface area contributed by atoms with Crippen molar-refractivity contribution in [3.63, 3.8) is 0 Å². The molecule has 0 bridgehead atoms. The van der Waals surface area contributed by atoms with Crippen molar-refractivity contribution in [2.45, 2.75) is 0 Å². The Hall–Kier alpha value is -2.35. The second kappa shape index (κ2) is 4.97. The number of H-pyrrole nitrogens is 1. The molecule has 0 aliphatic rings. The fourth-order valence-electron chi connectivity index (χ4n) is 1.65. The molecule has 0 aliphatic heterocycles. The fourth-order valence-corrected chi connectivity index (χ4v) is 2.09. The summed E-state index contributed by atoms with van der Waals surface area (Å²) in [4.78, 5) is 15.4. The number of aromatic nitrogens is 4. The van der Waals surface area contributed by atoms with Crippen molar-refractivity contribution in [3.8, 4) is 17.4 Å². The normalized spacial score (nSPS) is 10.7. The molecule has 7 nitrogen and oxygen atoms in total. The zero-order valence-corrected chi connectivity index (χ0v) is 11.9. The van der Waals surface area contributed by atoms with Gasteiger partial charge < -0.3 is 9.47 Å². The van der Waals surface area contributed by atoms with E-state index in [0.717, 1.165) is 4.47 Å². The van der Waals surface area contributed by atoms with Crippen LogP contribution < -0.4 is 15.2 Å². The Kier molecular flexibility index (Phi) is 3.15. The Morgan fingerprint density at radius 1 is 1.35 bits per heavy atom. The molecule has 0 aliphatic carbocycles. The Morgan fingerprint density at radius 2 is 2.20 bits per heavy atom. The molecule has 2 aromatic heterocycles. The van der Waals surface area contributed by atoms with Gasteiger partial charge in [0.15, 0.2) is 5.65 Å². The average molecular weight is 337 g/mol. The second-order valence-corrected chi connectivity index (χ2v) is 4.74. The molecule has 0 fully saturated rings. The third-order valence-electron chi connectivity index (χ3n) is 2.64. The minimum absolute atomic E-state index is 0.336. The number of aromatic amines is 1. The highest BCUT2D eigenvalue weighted by molar-refractivity contribution is 9.10. The molecule has 0 saturated carbocycles. The van der Waals surface area contributed by atoms with Gasteiger partial charge in [0, 0.05) is 6.07 Å². The van der Waals surface area contributed by atoms with Crippen LogP contribution in [0.5, 0.6) is 17.4 Å². The lowest BCUT2D eigenvalue weighted by Gasteiger charge is -2.08. The van der Waals surface area contributed by atoms with Gasteiger partial charge >= 0.3 is 5.69 Å². The molecule has 2 heterocycles. The topological polar surface area (TPSA) is 81.5 Å². The summed E-state index contributed by atoms with van der Waals surface area (Å²) in [5.74, 6) is 1.63. The highest BCUT2D eigenvalue weighted by Gasteiger charge is 2.07. The average Bonchev–Trinajstić information content (AvgIpc) is 2.82. The number of nitrogens with zero attached hydrogens (tertiary/aromatic N) is 3. The molecular weight excluding hydrogens is 328 g/mol. The molecule has 0 amide bonds. The quantitative estimate of drug-likeness (QED) is 0.790. The molecule has 102 valence electrons. The smallest absolute Gasteiger partial charge is 0.348 e. The highest BCUT2D eigenvalue weighted by Crippen LogP contribution is 2.32. The van der Waals surface area contributed by atoms with Crippen LogP contribution in [0.4, 0.5) is 0 Å². The van der Waals surface area contributed by atoms with Gasteiger partial charge in [0.2, 0.25) is 5.88 Å². The lowest BCUT2D eigenvalue weighted by atomic mass is 10.3. The van der Waals surface area contributed by atoms with E-state index in [0.29, 0.717) is 23.0 Å². The number of fused-ring (bicyclic) bond motifs is 1. The Bertz CT molecular complexity index is 827. The monoisotopic (exact) mass is 336 g/mol. The van der Waals surface area contributed by atoms with Crippen molar-refractivity contribution in [1.82, 2.24) is 19.6 Å². The van der Waals surface area contributed by atoms with E-state index < -0.39 is 0 Å². The van der Waals surface area contributed by atoms with E-state index in [4.69, 9.17) is 9.47 Å². The number of nitrogens with one attached hydrogen (secondary N) is 1. The SMILES string of the molecule is COc1ccc(Oc2cc3n[nH]c(=O)n3cn2)c(Br)c1. The Labute approximate surface area is 121 Å². The van der Waals surface area contributed by atoms with E-state index in [2.05, 4.69) is 31.1 Å². The predicted octanol–water partition coefficient (Wildman–Crippen LogP) is 1.98. The maximum atomic E-state index is 11.3. The highest BCUT2D eigenvalue weighted by atomic mass is 79.9. The summed E-state index contributed by atoms with van der Waals surface area (Å²) >= 11 is 3.39. The predicted molar refractivity (Wildman–Crippen MR) is 74.4 cm³/mol. The minimum Gasteiger partial charge on any atom is -0.497 e. The van der Waals surface area contributed by atoms with E-state index in [-0.39, 0.29) is 5.69 Å². The van der Waals surface area contributed by atoms with Gasteiger partial charge in [0.05, 0.1) is 11.6 Å². The van der Waals surface area contributed by atoms with E-state index in [9.17, 15) is 4.79 Å². The molecule has 8 heteroatoms. The van der Waals surface area contributed by atoms with Crippen LogP contribution in [0.3, 0.4) is 0 Å². The molecule has 0 spiro atoms. The van der Waals surface area contributed by atoms with E-state index in [1.807, 2.05) is 0 Å². The first-order chi connectivity index (χ1) is 9.67. The molecule has 0 atom stereocenters. The Morgan fingerprint density at radius 3 is 2.95 bits per heavy atom. The Balaban J connectivity index is 1.94. The summed E-state index contributed by atoms with van der Waals surface area (Å²) in [6, 6.07) is 6.88. The summed E-state index contributed by atoms with van der Waals surface area (Å²) in [6.07, 6.45) is 1.36. The minimum atomic E-state index is -0.343. The maximum Gasteiger partial charge on any atom is 0.348 e. The van der Waals surface area contributed by atoms with Gasteiger partial charge in [-0.2, -0.15) is 5.10 Å². The molecule has 0 radical (unpaired) electrons. The first-order valence-electron chi connectivity index (χ1n) is 5.61. The van der Waals surface area contributed by atoms with Gasteiger partial charge in [-0.3, -0.25) is 0 Å². The van der Waals surface area contributed by atoms with Crippen LogP contribution in [0.15, 0.2) is 39.9 Å². The number of halogens is 1. The molecule has 3 aromatic rings. The van der Waals surface area contributed by atoms with Crippen LogP contribution in [-0.4, -0.2) is 26.7 Å². The number of benzene rings is 1. The lowest BCUT2D eigenvalue weighted by Crippen LogP contribution is -2.09. The van der Waals surface area contributed by atoms with Crippen LogP contribution in [-0.2, 0) is 0 Å². The van der Waals surface area contributed by atoms with Gasteiger partial charge in [-0.15, -0.1) is 0 Å². The third-order valence-corrected chi connectivity index (χ3v) is 3.26. The zero-order valence-electron chi connectivity index (χ0n) is 10.3. The lowest BCUT2D eigenvalue weighted by molar-refractivity contribution is 0.411. The van der Waals surface area contributed by atoms with Crippen molar-refractivity contribution in [2.75, 3.05) is 7.11 Å². The molecule has 0 unspecified atom stereocenters. The van der Waals surface area contributed by atoms with Crippen LogP contribution >= 0.6 is 15.9 Å². The summed E-state index contributed by atoms with van der Waals surface area (Å²) in [5, 5.41) is 6.17. The van der Waals surface area contributed by atoms with E-state index in [1.54, 1.807) is 31.4 Å². The van der Waals surface area contributed by atoms with Crippen molar-refractivity contribution >= 4 is 21.6 Å². The number of rotatable bonds is 3. The van der Waals surface area contributed by atoms with Crippen molar-refractivity contribution in [2.24, 2.45) is 0 Å². The summed E-state index contributed by atoms with van der Waals surface area (Å²) in [5.41, 5.74) is 0.0920. The van der Waals surface area contributed by atoms with Crippen molar-refractivity contribution in [1.29, 1.82) is 0 Å². The van der Waals surface area contributed by atoms with Gasteiger partial charge in [0.1, 0.15) is 17.8 Å². The van der Waals surface area contributed by atoms with Crippen LogP contribution in [0.1, 0.15) is 0 Å². The van der Waals surface area contributed by atoms with Gasteiger partial charge in [0.25, 0.3) is 0 Å². The van der Waals surface area contributed by atoms with E-state index >= 15 is 0 Å². The van der Waals surface area contributed by atoms with E-state index in [1.165, 1.54) is 10.7 Å². The standard InChI is InChI=1S/C12H9BrN4O3/c1-19-7-2-3-9(8(13)4-7)20-11-5-10-15-16-12(18)17(10)6-14-11/h2-6H,1H3,(H,16,18). The first-order valence-corrected chi connectivity index (χ1v) is 6.41. The van der Waals surface area contributed by atoms with Crippen LogP contribution in [0.25, 0.3) is 5.65 Å². The zero-order chi connectivity index (χ0) is 14.1. The summed E-state index contributed by atoms with van der Waals surface area (Å²) in [7, 11) is 1.59. The largest absolute Gasteiger partial charge is 0.497 e. The molecule has 0 saturated heterocycles. The van der Waals surface area contributed by atoms with Crippen LogP contribution in [0, 0.1) is 0 Å². The second-order valence-electron chi connectivity index (χ2n) is 3.88. The summed E-state index contributed by atoms with van der Waals surface area (Å²) < 4.78 is 12.8. The molecule has 1 aromatic carbocycles. The van der Waals surface area contributed by atoms with Crippen LogP contribution in [0.2, 0.25) is 0 Å². The molecular formula is C12H9BrN4O3. The maximum absolute atomic E-state index is 11.3. The van der Waals surface area contributed by atoms with Crippen molar-refractivity contribution < 1.29 is 9.47 Å². The molecule has 20 heavy (non-hydrogen) atoms.